The van der Waals surface area contributed by atoms with Crippen molar-refractivity contribution in [2.45, 2.75) is 11.7 Å². The van der Waals surface area contributed by atoms with Crippen molar-refractivity contribution in [1.29, 1.82) is 0 Å². The molecule has 0 saturated carbocycles. The molecule has 2 aromatic carbocycles. The lowest BCUT2D eigenvalue weighted by molar-refractivity contribution is -0.385. The van der Waals surface area contributed by atoms with Crippen LogP contribution in [0.3, 0.4) is 0 Å². The predicted molar refractivity (Wildman–Crippen MR) is 114 cm³/mol. The van der Waals surface area contributed by atoms with Gasteiger partial charge in [-0.05, 0) is 30.3 Å². The summed E-state index contributed by atoms with van der Waals surface area (Å²) in [6, 6.07) is 12.6. The summed E-state index contributed by atoms with van der Waals surface area (Å²) >= 11 is 0.914. The number of anilines is 1. The second-order valence-electron chi connectivity index (χ2n) is 6.07. The molecule has 10 nitrogen and oxygen atoms in total. The van der Waals surface area contributed by atoms with Crippen molar-refractivity contribution < 1.29 is 19.2 Å². The van der Waals surface area contributed by atoms with E-state index in [1.165, 1.54) is 25.5 Å². The van der Waals surface area contributed by atoms with Crippen LogP contribution in [0.4, 0.5) is 11.4 Å². The van der Waals surface area contributed by atoms with Crippen molar-refractivity contribution in [2.75, 3.05) is 12.0 Å². The Hall–Kier alpha value is -3.73. The second kappa shape index (κ2) is 9.18. The summed E-state index contributed by atoms with van der Waals surface area (Å²) < 4.78 is 5.07. The number of benzene rings is 2. The van der Waals surface area contributed by atoms with E-state index in [-0.39, 0.29) is 28.7 Å². The van der Waals surface area contributed by atoms with Crippen molar-refractivity contribution in [3.63, 3.8) is 0 Å². The number of thioether (sulfide) groups is 1. The first-order valence-electron chi connectivity index (χ1n) is 8.68. The highest BCUT2D eigenvalue weighted by molar-refractivity contribution is 8.14. The number of rotatable bonds is 6. The first-order chi connectivity index (χ1) is 14.4. The summed E-state index contributed by atoms with van der Waals surface area (Å²) in [5.74, 6) is -0.147. The summed E-state index contributed by atoms with van der Waals surface area (Å²) in [4.78, 5) is 36.5. The number of methoxy groups -OCH3 is 1. The Bertz CT molecular complexity index is 1040. The number of nitro benzene ring substituents is 1. The molecule has 1 atom stereocenters. The van der Waals surface area contributed by atoms with Gasteiger partial charge in [0.25, 0.3) is 5.69 Å². The van der Waals surface area contributed by atoms with Crippen LogP contribution in [0.5, 0.6) is 5.75 Å². The number of imide groups is 1. The van der Waals surface area contributed by atoms with Crippen molar-refractivity contribution in [3.05, 3.63) is 64.2 Å². The number of nitro groups is 1. The topological polar surface area (TPSA) is 140 Å². The van der Waals surface area contributed by atoms with Crippen LogP contribution >= 0.6 is 11.8 Å². The molecule has 154 valence electrons. The molecule has 1 saturated heterocycles. The predicted octanol–water partition coefficient (Wildman–Crippen LogP) is 2.32. The number of carbonyl (C=O) groups excluding carboxylic acids is 2. The Balaban J connectivity index is 1.68. The van der Waals surface area contributed by atoms with E-state index in [9.17, 15) is 19.7 Å². The molecule has 2 N–H and O–H groups in total. The fourth-order valence-electron chi connectivity index (χ4n) is 2.78. The number of carbonyl (C=O) groups is 2. The lowest BCUT2D eigenvalue weighted by Crippen LogP contribution is -2.31. The van der Waals surface area contributed by atoms with Gasteiger partial charge in [-0.3, -0.25) is 19.7 Å². The maximum atomic E-state index is 12.7. The maximum absolute atomic E-state index is 12.7. The average Bonchev–Trinajstić information content (AvgIpc) is 3.01. The van der Waals surface area contributed by atoms with Crippen molar-refractivity contribution in [1.82, 2.24) is 0 Å². The zero-order chi connectivity index (χ0) is 21.7. The zero-order valence-electron chi connectivity index (χ0n) is 15.8. The first kappa shape index (κ1) is 21.0. The summed E-state index contributed by atoms with van der Waals surface area (Å²) in [7, 11) is 1.52. The molecule has 0 aliphatic carbocycles. The van der Waals surface area contributed by atoms with Crippen LogP contribution in [0.15, 0.2) is 58.7 Å². The smallest absolute Gasteiger partial charge is 0.278 e. The summed E-state index contributed by atoms with van der Waals surface area (Å²) in [6.07, 6.45) is 1.18. The summed E-state index contributed by atoms with van der Waals surface area (Å²) in [6.45, 7) is 0. The highest BCUT2D eigenvalue weighted by Gasteiger charge is 2.40. The number of hydrogen-bond donors (Lipinski definition) is 1. The van der Waals surface area contributed by atoms with E-state index in [0.29, 0.717) is 11.4 Å². The fourth-order valence-corrected chi connectivity index (χ4v) is 3.60. The molecule has 0 bridgehead atoms. The number of amidine groups is 1. The molecule has 3 rings (SSSR count). The van der Waals surface area contributed by atoms with E-state index in [1.54, 1.807) is 36.4 Å². The van der Waals surface area contributed by atoms with Crippen molar-refractivity contribution >= 4 is 46.3 Å². The third-order valence-electron chi connectivity index (χ3n) is 4.19. The van der Waals surface area contributed by atoms with Gasteiger partial charge in [-0.15, -0.1) is 5.10 Å². The van der Waals surface area contributed by atoms with Crippen LogP contribution in [0.1, 0.15) is 12.0 Å². The van der Waals surface area contributed by atoms with E-state index >= 15 is 0 Å². The first-order valence-corrected chi connectivity index (χ1v) is 9.56. The highest BCUT2D eigenvalue weighted by atomic mass is 32.2. The molecular weight excluding hydrogens is 410 g/mol. The lowest BCUT2D eigenvalue weighted by Gasteiger charge is -2.15. The Kier molecular flexibility index (Phi) is 6.42. The third kappa shape index (κ3) is 4.63. The van der Waals surface area contributed by atoms with E-state index in [0.717, 1.165) is 16.7 Å². The molecule has 0 aromatic heterocycles. The van der Waals surface area contributed by atoms with Gasteiger partial charge in [-0.2, -0.15) is 5.10 Å². The number of nitrogens with two attached hydrogens (primary N) is 1. The van der Waals surface area contributed by atoms with Crippen LogP contribution in [-0.2, 0) is 9.59 Å². The molecule has 30 heavy (non-hydrogen) atoms. The Morgan fingerprint density at radius 3 is 2.63 bits per heavy atom. The quantitative estimate of drug-likeness (QED) is 0.245. The van der Waals surface area contributed by atoms with E-state index < -0.39 is 16.1 Å². The lowest BCUT2D eigenvalue weighted by atomic mass is 10.2. The normalized spacial score (nSPS) is 17.0. The Morgan fingerprint density at radius 2 is 1.97 bits per heavy atom. The summed E-state index contributed by atoms with van der Waals surface area (Å²) in [5.41, 5.74) is 6.40. The van der Waals surface area contributed by atoms with Crippen molar-refractivity contribution in [3.8, 4) is 5.75 Å². The monoisotopic (exact) mass is 427 g/mol. The number of para-hydroxylation sites is 1. The number of nitrogens with zero attached hydrogens (tertiary/aromatic N) is 4. The standard InChI is InChI=1S/C19H17N5O5S/c1-29-14-8-6-13(7-9-14)23-17(25)10-16(18(23)26)30-19(20)22-21-11-12-4-2-3-5-15(12)24(27)28/h2-9,11,16H,10H2,1H3,(H2,20,22)/b21-11+. The molecule has 1 aliphatic heterocycles. The van der Waals surface area contributed by atoms with E-state index in [4.69, 9.17) is 10.5 Å². The largest absolute Gasteiger partial charge is 0.497 e. The maximum Gasteiger partial charge on any atom is 0.278 e. The molecule has 1 heterocycles. The van der Waals surface area contributed by atoms with Gasteiger partial charge < -0.3 is 10.5 Å². The van der Waals surface area contributed by atoms with Crippen molar-refractivity contribution in [2.24, 2.45) is 15.9 Å². The van der Waals surface area contributed by atoms with Crippen LogP contribution in [0, 0.1) is 10.1 Å². The van der Waals surface area contributed by atoms with Gasteiger partial charge >= 0.3 is 0 Å². The van der Waals surface area contributed by atoms with Gasteiger partial charge in [0, 0.05) is 12.5 Å². The summed E-state index contributed by atoms with van der Waals surface area (Å²) in [5, 5.41) is 17.8. The van der Waals surface area contributed by atoms with Gasteiger partial charge in [0.1, 0.15) is 11.0 Å². The molecule has 2 aromatic rings. The van der Waals surface area contributed by atoms with Crippen LogP contribution < -0.4 is 15.4 Å². The number of hydrogen-bond acceptors (Lipinski definition) is 8. The average molecular weight is 427 g/mol. The van der Waals surface area contributed by atoms with Gasteiger partial charge in [0.2, 0.25) is 11.8 Å². The number of ether oxygens (including phenoxy) is 1. The molecule has 11 heteroatoms. The van der Waals surface area contributed by atoms with Crippen LogP contribution in [0.2, 0.25) is 0 Å². The molecule has 0 radical (unpaired) electrons. The molecule has 0 spiro atoms. The minimum atomic E-state index is -0.732. The van der Waals surface area contributed by atoms with E-state index in [2.05, 4.69) is 10.2 Å². The molecule has 1 aliphatic rings. The van der Waals surface area contributed by atoms with Crippen LogP contribution in [0.25, 0.3) is 0 Å². The Labute approximate surface area is 175 Å². The SMILES string of the molecule is COc1ccc(N2C(=O)CC(SC(N)=N/N=C/c3ccccc3[N+](=O)[O-])C2=O)cc1. The Morgan fingerprint density at radius 1 is 1.27 bits per heavy atom. The van der Waals surface area contributed by atoms with Gasteiger partial charge in [0.05, 0.1) is 29.5 Å². The molecular formula is C19H17N5O5S. The minimum absolute atomic E-state index is 0.0282. The van der Waals surface area contributed by atoms with Gasteiger partial charge in [-0.25, -0.2) is 4.90 Å². The second-order valence-corrected chi connectivity index (χ2v) is 7.30. The molecule has 1 fully saturated rings. The van der Waals surface area contributed by atoms with Gasteiger partial charge in [0.15, 0.2) is 5.17 Å². The van der Waals surface area contributed by atoms with E-state index in [1.807, 2.05) is 0 Å². The zero-order valence-corrected chi connectivity index (χ0v) is 16.6. The van der Waals surface area contributed by atoms with Gasteiger partial charge in [-0.1, -0.05) is 23.9 Å². The number of amides is 2. The van der Waals surface area contributed by atoms with Crippen LogP contribution in [-0.4, -0.2) is 40.5 Å². The highest BCUT2D eigenvalue weighted by Crippen LogP contribution is 2.30. The molecule has 1 unspecified atom stereocenters. The minimum Gasteiger partial charge on any atom is -0.497 e. The fraction of sp³-hybridized carbons (Fsp3) is 0.158. The molecule has 2 amide bonds. The third-order valence-corrected chi connectivity index (χ3v) is 5.16.